The second-order valence-corrected chi connectivity index (χ2v) is 7.91. The van der Waals surface area contributed by atoms with E-state index in [2.05, 4.69) is 66.2 Å². The SMILES string of the molecule is CCc1ccc([C@@H](NC(=O)Cc2cccc3ccccc23)c2cccs2)cc1. The molecule has 0 saturated heterocycles. The lowest BCUT2D eigenvalue weighted by molar-refractivity contribution is -0.120. The van der Waals surface area contributed by atoms with Gasteiger partial charge in [0.05, 0.1) is 12.5 Å². The molecule has 0 fully saturated rings. The van der Waals surface area contributed by atoms with Crippen molar-refractivity contribution in [1.82, 2.24) is 5.32 Å². The highest BCUT2D eigenvalue weighted by Crippen LogP contribution is 2.27. The molecule has 0 bridgehead atoms. The van der Waals surface area contributed by atoms with Gasteiger partial charge in [-0.15, -0.1) is 11.3 Å². The van der Waals surface area contributed by atoms with Crippen LogP contribution in [-0.4, -0.2) is 5.91 Å². The minimum atomic E-state index is -0.117. The van der Waals surface area contributed by atoms with Crippen molar-refractivity contribution in [3.05, 3.63) is 106 Å². The molecule has 140 valence electrons. The molecular weight excluding hydrogens is 362 g/mol. The van der Waals surface area contributed by atoms with E-state index in [1.165, 1.54) is 5.56 Å². The average molecular weight is 386 g/mol. The fourth-order valence-electron chi connectivity index (χ4n) is 3.55. The van der Waals surface area contributed by atoms with E-state index in [9.17, 15) is 4.79 Å². The monoisotopic (exact) mass is 385 g/mol. The van der Waals surface area contributed by atoms with Crippen molar-refractivity contribution in [2.45, 2.75) is 25.8 Å². The Morgan fingerprint density at radius 2 is 1.71 bits per heavy atom. The van der Waals surface area contributed by atoms with E-state index in [1.807, 2.05) is 30.3 Å². The lowest BCUT2D eigenvalue weighted by Crippen LogP contribution is -2.30. The Bertz CT molecular complexity index is 1060. The Kier molecular flexibility index (Phi) is 5.54. The third-order valence-electron chi connectivity index (χ3n) is 5.09. The summed E-state index contributed by atoms with van der Waals surface area (Å²) in [5.74, 6) is 0.0364. The summed E-state index contributed by atoms with van der Waals surface area (Å²) in [7, 11) is 0. The van der Waals surface area contributed by atoms with Gasteiger partial charge in [0.1, 0.15) is 0 Å². The Hall–Kier alpha value is -2.91. The number of carbonyl (C=O) groups is 1. The highest BCUT2D eigenvalue weighted by atomic mass is 32.1. The Morgan fingerprint density at radius 1 is 0.929 bits per heavy atom. The van der Waals surface area contributed by atoms with Gasteiger partial charge in [-0.05, 0) is 45.3 Å². The smallest absolute Gasteiger partial charge is 0.225 e. The Labute approximate surface area is 169 Å². The van der Waals surface area contributed by atoms with E-state index in [1.54, 1.807) is 11.3 Å². The second kappa shape index (κ2) is 8.41. The number of hydrogen-bond donors (Lipinski definition) is 1. The Morgan fingerprint density at radius 3 is 2.46 bits per heavy atom. The van der Waals surface area contributed by atoms with Crippen molar-refractivity contribution in [2.24, 2.45) is 0 Å². The molecular formula is C25H23NOS. The predicted molar refractivity (Wildman–Crippen MR) is 118 cm³/mol. The van der Waals surface area contributed by atoms with Crippen molar-refractivity contribution in [1.29, 1.82) is 0 Å². The molecule has 3 heteroatoms. The van der Waals surface area contributed by atoms with Crippen molar-refractivity contribution in [3.8, 4) is 0 Å². The topological polar surface area (TPSA) is 29.1 Å². The molecule has 28 heavy (non-hydrogen) atoms. The van der Waals surface area contributed by atoms with Gasteiger partial charge in [-0.2, -0.15) is 0 Å². The number of aryl methyl sites for hydroxylation is 1. The van der Waals surface area contributed by atoms with Crippen LogP contribution in [-0.2, 0) is 17.6 Å². The zero-order valence-corrected chi connectivity index (χ0v) is 16.7. The van der Waals surface area contributed by atoms with E-state index in [0.29, 0.717) is 6.42 Å². The number of nitrogens with one attached hydrogen (secondary N) is 1. The van der Waals surface area contributed by atoms with Gasteiger partial charge in [-0.25, -0.2) is 0 Å². The van der Waals surface area contributed by atoms with Gasteiger partial charge in [0.15, 0.2) is 0 Å². The maximum absolute atomic E-state index is 13.0. The van der Waals surface area contributed by atoms with Gasteiger partial charge >= 0.3 is 0 Å². The maximum atomic E-state index is 13.0. The highest BCUT2D eigenvalue weighted by molar-refractivity contribution is 7.10. The number of benzene rings is 3. The first-order valence-electron chi connectivity index (χ1n) is 9.63. The summed E-state index contributed by atoms with van der Waals surface area (Å²) in [6.07, 6.45) is 1.38. The molecule has 0 aliphatic carbocycles. The molecule has 0 unspecified atom stereocenters. The van der Waals surface area contributed by atoms with Crippen LogP contribution >= 0.6 is 11.3 Å². The molecule has 4 aromatic rings. The van der Waals surface area contributed by atoms with Crippen LogP contribution in [0.5, 0.6) is 0 Å². The molecule has 1 N–H and O–H groups in total. The highest BCUT2D eigenvalue weighted by Gasteiger charge is 2.18. The standard InChI is InChI=1S/C25H23NOS/c1-2-18-12-14-20(15-13-18)25(23-11-6-16-28-23)26-24(27)17-21-9-5-8-19-7-3-4-10-22(19)21/h3-16,25H,2,17H2,1H3,(H,26,27)/t25-/m1/s1. The fraction of sp³-hybridized carbons (Fsp3) is 0.160. The largest absolute Gasteiger partial charge is 0.344 e. The number of amides is 1. The van der Waals surface area contributed by atoms with Crippen LogP contribution in [0.2, 0.25) is 0 Å². The van der Waals surface area contributed by atoms with Crippen molar-refractivity contribution < 1.29 is 4.79 Å². The first kappa shape index (κ1) is 18.5. The number of carbonyl (C=O) groups excluding carboxylic acids is 1. The molecule has 3 aromatic carbocycles. The van der Waals surface area contributed by atoms with Crippen LogP contribution in [0.4, 0.5) is 0 Å². The predicted octanol–water partition coefficient (Wildman–Crippen LogP) is 5.91. The average Bonchev–Trinajstić information content (AvgIpc) is 3.27. The van der Waals surface area contributed by atoms with E-state index < -0.39 is 0 Å². The van der Waals surface area contributed by atoms with Crippen LogP contribution < -0.4 is 5.32 Å². The van der Waals surface area contributed by atoms with Crippen LogP contribution in [0, 0.1) is 0 Å². The third kappa shape index (κ3) is 4.00. The van der Waals surface area contributed by atoms with Gasteiger partial charge in [0.2, 0.25) is 5.91 Å². The van der Waals surface area contributed by atoms with Gasteiger partial charge < -0.3 is 5.32 Å². The quantitative estimate of drug-likeness (QED) is 0.439. The van der Waals surface area contributed by atoms with E-state index in [-0.39, 0.29) is 11.9 Å². The van der Waals surface area contributed by atoms with Crippen LogP contribution in [0.1, 0.15) is 34.5 Å². The van der Waals surface area contributed by atoms with Crippen LogP contribution in [0.15, 0.2) is 84.2 Å². The van der Waals surface area contributed by atoms with E-state index in [0.717, 1.165) is 33.2 Å². The molecule has 0 spiro atoms. The second-order valence-electron chi connectivity index (χ2n) is 6.93. The number of fused-ring (bicyclic) bond motifs is 1. The molecule has 1 atom stereocenters. The summed E-state index contributed by atoms with van der Waals surface area (Å²) in [6.45, 7) is 2.15. The zero-order valence-electron chi connectivity index (χ0n) is 15.9. The van der Waals surface area contributed by atoms with E-state index >= 15 is 0 Å². The van der Waals surface area contributed by atoms with Crippen molar-refractivity contribution in [2.75, 3.05) is 0 Å². The lowest BCUT2D eigenvalue weighted by atomic mass is 10.00. The molecule has 0 saturated carbocycles. The van der Waals surface area contributed by atoms with Crippen LogP contribution in [0.3, 0.4) is 0 Å². The normalized spacial score (nSPS) is 12.0. The molecule has 4 rings (SSSR count). The zero-order chi connectivity index (χ0) is 19.3. The third-order valence-corrected chi connectivity index (χ3v) is 6.02. The summed E-state index contributed by atoms with van der Waals surface area (Å²) < 4.78 is 0. The number of hydrogen-bond acceptors (Lipinski definition) is 2. The fourth-order valence-corrected chi connectivity index (χ4v) is 4.35. The van der Waals surface area contributed by atoms with Gasteiger partial charge in [0, 0.05) is 4.88 Å². The summed E-state index contributed by atoms with van der Waals surface area (Å²) in [4.78, 5) is 14.1. The van der Waals surface area contributed by atoms with Gasteiger partial charge in [0.25, 0.3) is 0 Å². The lowest BCUT2D eigenvalue weighted by Gasteiger charge is -2.19. The molecule has 2 nitrogen and oxygen atoms in total. The number of thiophene rings is 1. The summed E-state index contributed by atoms with van der Waals surface area (Å²) in [5, 5.41) is 7.62. The van der Waals surface area contributed by atoms with Gasteiger partial charge in [-0.1, -0.05) is 79.7 Å². The summed E-state index contributed by atoms with van der Waals surface area (Å²) in [6, 6.07) is 26.9. The number of rotatable bonds is 6. The first-order chi connectivity index (χ1) is 13.7. The summed E-state index contributed by atoms with van der Waals surface area (Å²) in [5.41, 5.74) is 3.48. The molecule has 1 amide bonds. The molecule has 0 aliphatic heterocycles. The van der Waals surface area contributed by atoms with Crippen LogP contribution in [0.25, 0.3) is 10.8 Å². The minimum absolute atomic E-state index is 0.0364. The molecule has 1 aromatic heterocycles. The molecule has 1 heterocycles. The van der Waals surface area contributed by atoms with Crippen molar-refractivity contribution >= 4 is 28.0 Å². The minimum Gasteiger partial charge on any atom is -0.344 e. The Balaban J connectivity index is 1.58. The first-order valence-corrected chi connectivity index (χ1v) is 10.5. The van der Waals surface area contributed by atoms with Crippen molar-refractivity contribution in [3.63, 3.8) is 0 Å². The maximum Gasteiger partial charge on any atom is 0.225 e. The molecule has 0 radical (unpaired) electrons. The van der Waals surface area contributed by atoms with Gasteiger partial charge in [-0.3, -0.25) is 4.79 Å². The molecule has 0 aliphatic rings. The summed E-state index contributed by atoms with van der Waals surface area (Å²) >= 11 is 1.67. The van der Waals surface area contributed by atoms with E-state index in [4.69, 9.17) is 0 Å².